The lowest BCUT2D eigenvalue weighted by molar-refractivity contribution is 0.0926. The van der Waals surface area contributed by atoms with Gasteiger partial charge in [-0.1, -0.05) is 5.16 Å². The lowest BCUT2D eigenvalue weighted by Gasteiger charge is -2.17. The summed E-state index contributed by atoms with van der Waals surface area (Å²) >= 11 is 0. The number of carbonyl (C=O) groups excluding carboxylic acids is 1. The number of fused-ring (bicyclic) bond motifs is 1. The zero-order valence-corrected chi connectivity index (χ0v) is 16.6. The van der Waals surface area contributed by atoms with Crippen molar-refractivity contribution >= 4 is 17.5 Å². The smallest absolute Gasteiger partial charge is 0.268 e. The van der Waals surface area contributed by atoms with E-state index in [2.05, 4.69) is 25.3 Å². The standard InChI is InChI=1S/C22H20N6O2/c1-13-19(14(2)28-12-11-23-21(29)20(13)28)17-7-9-24-22(27-17)26-16-5-3-15(4-6-16)18-8-10-25-30-18/h3-10H,11-12H2,1-2H3,(H,23,29)(H,24,26,27). The van der Waals surface area contributed by atoms with E-state index in [9.17, 15) is 4.79 Å². The summed E-state index contributed by atoms with van der Waals surface area (Å²) in [5.41, 5.74) is 6.26. The Balaban J connectivity index is 1.45. The van der Waals surface area contributed by atoms with Crippen LogP contribution in [0.2, 0.25) is 0 Å². The summed E-state index contributed by atoms with van der Waals surface area (Å²) in [6, 6.07) is 11.5. The maximum atomic E-state index is 12.3. The van der Waals surface area contributed by atoms with Gasteiger partial charge in [0.25, 0.3) is 5.91 Å². The summed E-state index contributed by atoms with van der Waals surface area (Å²) in [6.45, 7) is 5.40. The highest BCUT2D eigenvalue weighted by molar-refractivity contribution is 5.97. The number of amides is 1. The third kappa shape index (κ3) is 3.02. The molecule has 0 unspecified atom stereocenters. The van der Waals surface area contributed by atoms with Gasteiger partial charge in [-0.05, 0) is 49.7 Å². The molecule has 0 saturated carbocycles. The van der Waals surface area contributed by atoms with Crippen LogP contribution in [0.4, 0.5) is 11.6 Å². The maximum absolute atomic E-state index is 12.3. The Kier molecular flexibility index (Phi) is 4.31. The first-order valence-electron chi connectivity index (χ1n) is 9.71. The Morgan fingerprint density at radius 2 is 1.93 bits per heavy atom. The van der Waals surface area contributed by atoms with Gasteiger partial charge < -0.3 is 19.7 Å². The molecule has 1 aliphatic rings. The fourth-order valence-corrected chi connectivity index (χ4v) is 3.98. The third-order valence-electron chi connectivity index (χ3n) is 5.38. The van der Waals surface area contributed by atoms with Crippen molar-refractivity contribution in [2.45, 2.75) is 20.4 Å². The Morgan fingerprint density at radius 3 is 2.67 bits per heavy atom. The average molecular weight is 400 g/mol. The molecule has 3 aromatic heterocycles. The molecule has 0 saturated heterocycles. The van der Waals surface area contributed by atoms with E-state index in [0.717, 1.165) is 40.3 Å². The number of hydrogen-bond donors (Lipinski definition) is 2. The zero-order valence-electron chi connectivity index (χ0n) is 16.6. The predicted molar refractivity (Wildman–Crippen MR) is 112 cm³/mol. The number of rotatable bonds is 4. The molecule has 4 heterocycles. The van der Waals surface area contributed by atoms with Crippen molar-refractivity contribution < 1.29 is 9.32 Å². The van der Waals surface area contributed by atoms with Crippen LogP contribution in [0.15, 0.2) is 53.3 Å². The molecule has 8 heteroatoms. The molecular formula is C22H20N6O2. The summed E-state index contributed by atoms with van der Waals surface area (Å²) in [7, 11) is 0. The molecule has 0 spiro atoms. The minimum atomic E-state index is -0.0349. The molecule has 5 rings (SSSR count). The topological polar surface area (TPSA) is 97.9 Å². The van der Waals surface area contributed by atoms with E-state index < -0.39 is 0 Å². The number of carbonyl (C=O) groups is 1. The molecule has 0 radical (unpaired) electrons. The van der Waals surface area contributed by atoms with Crippen LogP contribution >= 0.6 is 0 Å². The third-order valence-corrected chi connectivity index (χ3v) is 5.38. The van der Waals surface area contributed by atoms with Gasteiger partial charge in [-0.2, -0.15) is 0 Å². The predicted octanol–water partition coefficient (Wildman–Crippen LogP) is 3.70. The minimum Gasteiger partial charge on any atom is -0.356 e. The monoisotopic (exact) mass is 400 g/mol. The molecule has 0 aliphatic carbocycles. The number of benzene rings is 1. The van der Waals surface area contributed by atoms with Gasteiger partial charge in [0.15, 0.2) is 5.76 Å². The van der Waals surface area contributed by atoms with Crippen molar-refractivity contribution in [3.63, 3.8) is 0 Å². The van der Waals surface area contributed by atoms with Gasteiger partial charge in [-0.3, -0.25) is 4.79 Å². The largest absolute Gasteiger partial charge is 0.356 e. The summed E-state index contributed by atoms with van der Waals surface area (Å²) in [6.07, 6.45) is 3.34. The molecule has 4 aromatic rings. The summed E-state index contributed by atoms with van der Waals surface area (Å²) in [5.74, 6) is 1.17. The Labute approximate surface area is 173 Å². The fourth-order valence-electron chi connectivity index (χ4n) is 3.98. The maximum Gasteiger partial charge on any atom is 0.268 e. The summed E-state index contributed by atoms with van der Waals surface area (Å²) in [4.78, 5) is 21.4. The van der Waals surface area contributed by atoms with Gasteiger partial charge in [-0.15, -0.1) is 0 Å². The van der Waals surface area contributed by atoms with E-state index in [0.29, 0.717) is 23.9 Å². The second-order valence-electron chi connectivity index (χ2n) is 7.19. The highest BCUT2D eigenvalue weighted by atomic mass is 16.5. The van der Waals surface area contributed by atoms with E-state index in [1.807, 2.05) is 50.2 Å². The van der Waals surface area contributed by atoms with Gasteiger partial charge in [0, 0.05) is 47.9 Å². The van der Waals surface area contributed by atoms with Gasteiger partial charge in [0.2, 0.25) is 5.95 Å². The first-order valence-corrected chi connectivity index (χ1v) is 9.71. The fraction of sp³-hybridized carbons (Fsp3) is 0.182. The molecule has 0 atom stereocenters. The quantitative estimate of drug-likeness (QED) is 0.542. The van der Waals surface area contributed by atoms with Crippen LogP contribution < -0.4 is 10.6 Å². The van der Waals surface area contributed by atoms with Crippen molar-refractivity contribution in [3.8, 4) is 22.6 Å². The van der Waals surface area contributed by atoms with Crippen LogP contribution in [0, 0.1) is 13.8 Å². The molecule has 2 N–H and O–H groups in total. The van der Waals surface area contributed by atoms with Crippen LogP contribution in [0.3, 0.4) is 0 Å². The average Bonchev–Trinajstić information content (AvgIpc) is 3.37. The first-order chi connectivity index (χ1) is 14.6. The Hall–Kier alpha value is -3.94. The lowest BCUT2D eigenvalue weighted by atomic mass is 10.1. The molecular weight excluding hydrogens is 380 g/mol. The highest BCUT2D eigenvalue weighted by Gasteiger charge is 2.26. The molecule has 150 valence electrons. The second kappa shape index (κ2) is 7.14. The van der Waals surface area contributed by atoms with Crippen LogP contribution in [0.5, 0.6) is 0 Å². The van der Waals surface area contributed by atoms with Gasteiger partial charge in [0.1, 0.15) is 5.69 Å². The number of nitrogens with one attached hydrogen (secondary N) is 2. The van der Waals surface area contributed by atoms with Gasteiger partial charge in [0.05, 0.1) is 11.9 Å². The number of aromatic nitrogens is 4. The first kappa shape index (κ1) is 18.1. The minimum absolute atomic E-state index is 0.0349. The van der Waals surface area contributed by atoms with E-state index in [1.165, 1.54) is 0 Å². The van der Waals surface area contributed by atoms with Crippen molar-refractivity contribution in [3.05, 3.63) is 65.7 Å². The van der Waals surface area contributed by atoms with E-state index >= 15 is 0 Å². The zero-order chi connectivity index (χ0) is 20.7. The molecule has 1 aromatic carbocycles. The molecule has 0 fully saturated rings. The molecule has 0 bridgehead atoms. The number of nitrogens with zero attached hydrogens (tertiary/aromatic N) is 4. The van der Waals surface area contributed by atoms with Crippen molar-refractivity contribution in [2.75, 3.05) is 11.9 Å². The summed E-state index contributed by atoms with van der Waals surface area (Å²) in [5, 5.41) is 9.89. The van der Waals surface area contributed by atoms with Gasteiger partial charge in [-0.25, -0.2) is 9.97 Å². The van der Waals surface area contributed by atoms with E-state index in [-0.39, 0.29) is 5.91 Å². The van der Waals surface area contributed by atoms with E-state index in [1.54, 1.807) is 12.4 Å². The molecule has 1 amide bonds. The van der Waals surface area contributed by atoms with Crippen molar-refractivity contribution in [2.24, 2.45) is 0 Å². The normalized spacial score (nSPS) is 13.1. The SMILES string of the molecule is Cc1c(-c2ccnc(Nc3ccc(-c4ccno4)cc3)n2)c(C)n2c1C(=O)NCC2. The second-order valence-corrected chi connectivity index (χ2v) is 7.19. The molecule has 8 nitrogen and oxygen atoms in total. The van der Waals surface area contributed by atoms with Crippen LogP contribution in [-0.2, 0) is 6.54 Å². The number of hydrogen-bond acceptors (Lipinski definition) is 6. The number of anilines is 2. The van der Waals surface area contributed by atoms with E-state index in [4.69, 9.17) is 9.51 Å². The molecule has 1 aliphatic heterocycles. The van der Waals surface area contributed by atoms with Crippen molar-refractivity contribution in [1.82, 2.24) is 25.0 Å². The van der Waals surface area contributed by atoms with Crippen molar-refractivity contribution in [1.29, 1.82) is 0 Å². The van der Waals surface area contributed by atoms with Crippen LogP contribution in [-0.4, -0.2) is 32.1 Å². The highest BCUT2D eigenvalue weighted by Crippen LogP contribution is 2.32. The molecule has 30 heavy (non-hydrogen) atoms. The van der Waals surface area contributed by atoms with Crippen LogP contribution in [0.25, 0.3) is 22.6 Å². The lowest BCUT2D eigenvalue weighted by Crippen LogP contribution is -2.35. The van der Waals surface area contributed by atoms with Crippen LogP contribution in [0.1, 0.15) is 21.7 Å². The summed E-state index contributed by atoms with van der Waals surface area (Å²) < 4.78 is 7.25. The Morgan fingerprint density at radius 1 is 1.10 bits per heavy atom. The van der Waals surface area contributed by atoms with Gasteiger partial charge >= 0.3 is 0 Å². The Bertz CT molecular complexity index is 1230.